The highest BCUT2D eigenvalue weighted by Gasteiger charge is 2.13. The Morgan fingerprint density at radius 3 is 2.80 bits per heavy atom. The van der Waals surface area contributed by atoms with E-state index in [2.05, 4.69) is 5.10 Å². The molecule has 1 aromatic carbocycles. The molecule has 0 aliphatic heterocycles. The van der Waals surface area contributed by atoms with Crippen LogP contribution in [0.3, 0.4) is 0 Å². The van der Waals surface area contributed by atoms with Crippen molar-refractivity contribution < 1.29 is 9.18 Å². The summed E-state index contributed by atoms with van der Waals surface area (Å²) in [6.07, 6.45) is 2.23. The highest BCUT2D eigenvalue weighted by molar-refractivity contribution is 5.91. The Labute approximate surface area is 116 Å². The van der Waals surface area contributed by atoms with Crippen molar-refractivity contribution in [3.63, 3.8) is 0 Å². The molecule has 6 heteroatoms. The minimum absolute atomic E-state index is 0.175. The van der Waals surface area contributed by atoms with E-state index in [0.29, 0.717) is 18.7 Å². The summed E-state index contributed by atoms with van der Waals surface area (Å²) in [7, 11) is 3.33. The van der Waals surface area contributed by atoms with Crippen LogP contribution in [0.25, 0.3) is 5.69 Å². The van der Waals surface area contributed by atoms with Crippen molar-refractivity contribution in [1.82, 2.24) is 14.7 Å². The Balaban J connectivity index is 2.39. The van der Waals surface area contributed by atoms with E-state index < -0.39 is 0 Å². The smallest absolute Gasteiger partial charge is 0.273 e. The number of carbonyl (C=O) groups excluding carboxylic acids is 1. The van der Waals surface area contributed by atoms with E-state index in [1.54, 1.807) is 37.1 Å². The van der Waals surface area contributed by atoms with Crippen molar-refractivity contribution in [2.75, 3.05) is 20.6 Å². The maximum absolute atomic E-state index is 13.3. The second-order valence-electron chi connectivity index (χ2n) is 4.66. The highest BCUT2D eigenvalue weighted by atomic mass is 19.1. The molecular formula is C14H17FN4O. The third-order valence-corrected chi connectivity index (χ3v) is 2.92. The quantitative estimate of drug-likeness (QED) is 0.913. The van der Waals surface area contributed by atoms with E-state index in [-0.39, 0.29) is 11.7 Å². The predicted molar refractivity (Wildman–Crippen MR) is 74.3 cm³/mol. The average molecular weight is 276 g/mol. The standard InChI is InChI=1S/C14H17FN4O/c1-18(2)14(20)12-6-8-19(17-12)13-4-3-11(15)9-10(13)5-7-16/h3-4,6,8-9H,5,7,16H2,1-2H3. The summed E-state index contributed by atoms with van der Waals surface area (Å²) in [6.45, 7) is 0.418. The molecule has 1 heterocycles. The van der Waals surface area contributed by atoms with E-state index in [1.165, 1.54) is 17.0 Å². The van der Waals surface area contributed by atoms with Gasteiger partial charge in [-0.3, -0.25) is 4.79 Å². The molecule has 0 spiro atoms. The lowest BCUT2D eigenvalue weighted by Gasteiger charge is -2.10. The van der Waals surface area contributed by atoms with Crippen molar-refractivity contribution in [3.05, 3.63) is 47.5 Å². The van der Waals surface area contributed by atoms with Gasteiger partial charge >= 0.3 is 0 Å². The first-order chi connectivity index (χ1) is 9.52. The molecule has 0 radical (unpaired) electrons. The normalized spacial score (nSPS) is 10.6. The summed E-state index contributed by atoms with van der Waals surface area (Å²) < 4.78 is 14.9. The molecule has 0 bridgehead atoms. The first-order valence-corrected chi connectivity index (χ1v) is 6.29. The fourth-order valence-corrected chi connectivity index (χ4v) is 1.93. The molecule has 106 valence electrons. The lowest BCUT2D eigenvalue weighted by molar-refractivity contribution is 0.0821. The summed E-state index contributed by atoms with van der Waals surface area (Å²) in [5.41, 5.74) is 7.38. The lowest BCUT2D eigenvalue weighted by atomic mass is 10.1. The molecule has 2 N–H and O–H groups in total. The first-order valence-electron chi connectivity index (χ1n) is 6.29. The molecule has 0 unspecified atom stereocenters. The number of nitrogens with zero attached hydrogens (tertiary/aromatic N) is 3. The SMILES string of the molecule is CN(C)C(=O)c1ccn(-c2ccc(F)cc2CCN)n1. The van der Waals surface area contributed by atoms with Crippen molar-refractivity contribution in [3.8, 4) is 5.69 Å². The van der Waals surface area contributed by atoms with Gasteiger partial charge in [-0.1, -0.05) is 0 Å². The van der Waals surface area contributed by atoms with Gasteiger partial charge < -0.3 is 10.6 Å². The molecule has 5 nitrogen and oxygen atoms in total. The van der Waals surface area contributed by atoms with Crippen molar-refractivity contribution in [2.24, 2.45) is 5.73 Å². The van der Waals surface area contributed by atoms with Crippen LogP contribution in [0, 0.1) is 5.82 Å². The minimum atomic E-state index is -0.311. The largest absolute Gasteiger partial charge is 0.343 e. The number of aromatic nitrogens is 2. The molecule has 0 aliphatic carbocycles. The van der Waals surface area contributed by atoms with E-state index in [0.717, 1.165) is 11.3 Å². The Morgan fingerprint density at radius 2 is 2.15 bits per heavy atom. The zero-order valence-electron chi connectivity index (χ0n) is 11.5. The summed E-state index contributed by atoms with van der Waals surface area (Å²) in [4.78, 5) is 13.3. The van der Waals surface area contributed by atoms with Gasteiger partial charge in [0.1, 0.15) is 5.82 Å². The summed E-state index contributed by atoms with van der Waals surface area (Å²) in [5.74, 6) is -0.486. The number of carbonyl (C=O) groups is 1. The molecule has 20 heavy (non-hydrogen) atoms. The van der Waals surface area contributed by atoms with Crippen LogP contribution >= 0.6 is 0 Å². The average Bonchev–Trinajstić information content (AvgIpc) is 2.87. The number of benzene rings is 1. The van der Waals surface area contributed by atoms with Crippen LogP contribution in [0.4, 0.5) is 4.39 Å². The second-order valence-corrected chi connectivity index (χ2v) is 4.66. The van der Waals surface area contributed by atoms with Crippen molar-refractivity contribution >= 4 is 5.91 Å². The summed E-state index contributed by atoms with van der Waals surface area (Å²) in [5, 5.41) is 4.24. The Kier molecular flexibility index (Phi) is 4.14. The molecule has 0 aliphatic rings. The topological polar surface area (TPSA) is 64.2 Å². The molecule has 0 atom stereocenters. The molecule has 2 aromatic rings. The Bertz CT molecular complexity index is 621. The van der Waals surface area contributed by atoms with Gasteiger partial charge in [-0.2, -0.15) is 5.10 Å². The van der Waals surface area contributed by atoms with E-state index in [1.807, 2.05) is 0 Å². The van der Waals surface area contributed by atoms with Crippen molar-refractivity contribution in [2.45, 2.75) is 6.42 Å². The van der Waals surface area contributed by atoms with Crippen LogP contribution in [0.15, 0.2) is 30.5 Å². The van der Waals surface area contributed by atoms with Crippen molar-refractivity contribution in [1.29, 1.82) is 0 Å². The molecule has 2 rings (SSSR count). The third-order valence-electron chi connectivity index (χ3n) is 2.92. The van der Waals surface area contributed by atoms with Gasteiger partial charge in [0.2, 0.25) is 0 Å². The van der Waals surface area contributed by atoms with Gasteiger partial charge in [0.15, 0.2) is 5.69 Å². The number of hydrogen-bond donors (Lipinski definition) is 1. The Hall–Kier alpha value is -2.21. The number of halogens is 1. The van der Waals surface area contributed by atoms with E-state index in [4.69, 9.17) is 5.73 Å². The molecule has 0 fully saturated rings. The fraction of sp³-hybridized carbons (Fsp3) is 0.286. The van der Waals surface area contributed by atoms with Crippen LogP contribution in [-0.2, 0) is 6.42 Å². The summed E-state index contributed by atoms with van der Waals surface area (Å²) in [6, 6.07) is 6.08. The van der Waals surface area contributed by atoms with Crippen LogP contribution in [0.5, 0.6) is 0 Å². The fourth-order valence-electron chi connectivity index (χ4n) is 1.93. The van der Waals surface area contributed by atoms with Gasteiger partial charge in [0.25, 0.3) is 5.91 Å². The van der Waals surface area contributed by atoms with Gasteiger partial charge in [0, 0.05) is 20.3 Å². The van der Waals surface area contributed by atoms with Crippen LogP contribution in [0.2, 0.25) is 0 Å². The van der Waals surface area contributed by atoms with Crippen LogP contribution < -0.4 is 5.73 Å². The van der Waals surface area contributed by atoms with Crippen LogP contribution in [-0.4, -0.2) is 41.2 Å². The van der Waals surface area contributed by atoms with E-state index in [9.17, 15) is 9.18 Å². The summed E-state index contributed by atoms with van der Waals surface area (Å²) >= 11 is 0. The zero-order valence-corrected chi connectivity index (χ0v) is 11.5. The minimum Gasteiger partial charge on any atom is -0.343 e. The molecular weight excluding hydrogens is 259 g/mol. The molecule has 0 saturated heterocycles. The van der Waals surface area contributed by atoms with Gasteiger partial charge in [0.05, 0.1) is 5.69 Å². The molecule has 0 saturated carbocycles. The second kappa shape index (κ2) is 5.83. The Morgan fingerprint density at radius 1 is 1.40 bits per heavy atom. The predicted octanol–water partition coefficient (Wildman–Crippen LogP) is 1.21. The number of nitrogens with two attached hydrogens (primary N) is 1. The van der Waals surface area contributed by atoms with Gasteiger partial charge in [-0.05, 0) is 42.8 Å². The van der Waals surface area contributed by atoms with Gasteiger partial charge in [-0.15, -0.1) is 0 Å². The zero-order chi connectivity index (χ0) is 14.7. The highest BCUT2D eigenvalue weighted by Crippen LogP contribution is 2.16. The number of rotatable bonds is 4. The lowest BCUT2D eigenvalue weighted by Crippen LogP contribution is -2.22. The maximum atomic E-state index is 13.3. The van der Waals surface area contributed by atoms with Gasteiger partial charge in [-0.25, -0.2) is 9.07 Å². The monoisotopic (exact) mass is 276 g/mol. The maximum Gasteiger partial charge on any atom is 0.273 e. The molecule has 1 amide bonds. The molecule has 1 aromatic heterocycles. The third kappa shape index (κ3) is 2.85. The number of hydrogen-bond acceptors (Lipinski definition) is 3. The number of amides is 1. The van der Waals surface area contributed by atoms with E-state index >= 15 is 0 Å². The first kappa shape index (κ1) is 14.2. The van der Waals surface area contributed by atoms with Crippen LogP contribution in [0.1, 0.15) is 16.1 Å².